The van der Waals surface area contributed by atoms with Gasteiger partial charge in [-0.25, -0.2) is 9.13 Å². The summed E-state index contributed by atoms with van der Waals surface area (Å²) in [7, 11) is -8.03. The first-order valence-corrected chi connectivity index (χ1v) is 10.8. The van der Waals surface area contributed by atoms with Crippen LogP contribution in [0.25, 0.3) is 0 Å². The molecular formula is C18H16O6P2. The lowest BCUT2D eigenvalue weighted by Crippen LogP contribution is -2.09. The van der Waals surface area contributed by atoms with E-state index in [0.29, 0.717) is 0 Å². The predicted molar refractivity (Wildman–Crippen MR) is 99.5 cm³/mol. The van der Waals surface area contributed by atoms with Crippen molar-refractivity contribution in [3.63, 3.8) is 0 Å². The molecule has 3 aromatic rings. The maximum Gasteiger partial charge on any atom is 0.408 e. The second-order valence-electron chi connectivity index (χ2n) is 5.37. The van der Waals surface area contributed by atoms with Crippen LogP contribution in [-0.4, -0.2) is 9.79 Å². The molecule has 134 valence electrons. The van der Waals surface area contributed by atoms with Crippen LogP contribution < -0.4 is 19.7 Å². The van der Waals surface area contributed by atoms with Crippen LogP contribution in [0.3, 0.4) is 0 Å². The molecule has 0 aliphatic heterocycles. The summed E-state index contributed by atoms with van der Waals surface area (Å²) in [5, 5.41) is 0.341. The molecule has 0 spiro atoms. The Morgan fingerprint density at radius 1 is 0.538 bits per heavy atom. The summed E-state index contributed by atoms with van der Waals surface area (Å²) in [6.45, 7) is 0. The summed E-state index contributed by atoms with van der Waals surface area (Å²) in [5.74, 6) is 0.277. The zero-order valence-corrected chi connectivity index (χ0v) is 15.3. The molecule has 3 aromatic carbocycles. The van der Waals surface area contributed by atoms with Crippen LogP contribution in [0, 0.1) is 0 Å². The average Bonchev–Trinajstić information content (AvgIpc) is 2.64. The van der Waals surface area contributed by atoms with Gasteiger partial charge >= 0.3 is 15.2 Å². The molecule has 2 atom stereocenters. The van der Waals surface area contributed by atoms with Gasteiger partial charge in [-0.1, -0.05) is 36.4 Å². The second kappa shape index (κ2) is 7.48. The lowest BCUT2D eigenvalue weighted by molar-refractivity contribution is 0.387. The van der Waals surface area contributed by atoms with Crippen molar-refractivity contribution in [2.45, 2.75) is 0 Å². The molecule has 0 saturated carbocycles. The number of rotatable bonds is 6. The van der Waals surface area contributed by atoms with E-state index in [1.165, 1.54) is 48.5 Å². The molecule has 6 nitrogen and oxygen atoms in total. The van der Waals surface area contributed by atoms with Crippen molar-refractivity contribution >= 4 is 25.8 Å². The van der Waals surface area contributed by atoms with Gasteiger partial charge in [-0.05, 0) is 48.5 Å². The third-order valence-corrected chi connectivity index (χ3v) is 6.27. The van der Waals surface area contributed by atoms with Gasteiger partial charge in [-0.3, -0.25) is 0 Å². The van der Waals surface area contributed by atoms with Crippen LogP contribution in [0.4, 0.5) is 0 Å². The first-order valence-electron chi connectivity index (χ1n) is 7.63. The zero-order valence-electron chi connectivity index (χ0n) is 13.5. The summed E-state index contributed by atoms with van der Waals surface area (Å²) >= 11 is 0. The van der Waals surface area contributed by atoms with Gasteiger partial charge in [-0.2, -0.15) is 0 Å². The van der Waals surface area contributed by atoms with Gasteiger partial charge in [0.25, 0.3) is 0 Å². The van der Waals surface area contributed by atoms with E-state index < -0.39 is 15.2 Å². The average molecular weight is 390 g/mol. The molecule has 0 saturated heterocycles. The number of hydrogen-bond donors (Lipinski definition) is 2. The fourth-order valence-electron chi connectivity index (χ4n) is 2.19. The molecule has 0 heterocycles. The maximum atomic E-state index is 12.3. The quantitative estimate of drug-likeness (QED) is 0.626. The van der Waals surface area contributed by atoms with E-state index >= 15 is 0 Å². The molecule has 0 aliphatic carbocycles. The van der Waals surface area contributed by atoms with Crippen LogP contribution in [0.2, 0.25) is 0 Å². The van der Waals surface area contributed by atoms with Gasteiger partial charge in [0.1, 0.15) is 11.5 Å². The van der Waals surface area contributed by atoms with Crippen molar-refractivity contribution in [1.82, 2.24) is 0 Å². The molecule has 26 heavy (non-hydrogen) atoms. The zero-order chi connectivity index (χ0) is 18.6. The summed E-state index contributed by atoms with van der Waals surface area (Å²) in [5.41, 5.74) is 0. The van der Waals surface area contributed by atoms with Crippen molar-refractivity contribution in [1.29, 1.82) is 0 Å². The van der Waals surface area contributed by atoms with Gasteiger partial charge in [0, 0.05) is 0 Å². The molecule has 0 aliphatic rings. The number of hydrogen-bond acceptors (Lipinski definition) is 4. The van der Waals surface area contributed by atoms with Gasteiger partial charge in [0.15, 0.2) is 0 Å². The van der Waals surface area contributed by atoms with Crippen LogP contribution in [-0.2, 0) is 9.13 Å². The Hall–Kier alpha value is -2.36. The maximum absolute atomic E-state index is 12.3. The Balaban J connectivity index is 1.73. The van der Waals surface area contributed by atoms with E-state index in [2.05, 4.69) is 0 Å². The first kappa shape index (κ1) is 18.4. The summed E-state index contributed by atoms with van der Waals surface area (Å²) < 4.78 is 35.0. The molecule has 8 heteroatoms. The largest absolute Gasteiger partial charge is 0.421 e. The first-order chi connectivity index (χ1) is 12.4. The summed E-state index contributed by atoms with van der Waals surface area (Å²) in [4.78, 5) is 20.1. The minimum absolute atomic E-state index is 0.138. The van der Waals surface area contributed by atoms with Crippen molar-refractivity contribution in [3.05, 3.63) is 84.9 Å². The number of benzene rings is 3. The smallest absolute Gasteiger partial charge is 0.408 e. The van der Waals surface area contributed by atoms with E-state index in [0.717, 1.165) is 0 Å². The minimum Gasteiger partial charge on any atom is -0.421 e. The molecule has 3 rings (SSSR count). The predicted octanol–water partition coefficient (Wildman–Crippen LogP) is 3.47. The fourth-order valence-corrected chi connectivity index (χ4v) is 4.31. The Morgan fingerprint density at radius 2 is 0.846 bits per heavy atom. The Bertz CT molecular complexity index is 877. The molecule has 0 bridgehead atoms. The summed E-state index contributed by atoms with van der Waals surface area (Å²) in [6.07, 6.45) is 0. The van der Waals surface area contributed by atoms with Crippen molar-refractivity contribution in [3.8, 4) is 11.5 Å². The molecule has 0 fully saturated rings. The molecular weight excluding hydrogens is 374 g/mol. The van der Waals surface area contributed by atoms with E-state index in [-0.39, 0.29) is 22.1 Å². The van der Waals surface area contributed by atoms with E-state index in [1.807, 2.05) is 0 Å². The highest BCUT2D eigenvalue weighted by molar-refractivity contribution is 7.62. The lowest BCUT2D eigenvalue weighted by atomic mass is 10.3. The molecule has 0 radical (unpaired) electrons. The van der Waals surface area contributed by atoms with Crippen LogP contribution in [0.1, 0.15) is 0 Å². The highest BCUT2D eigenvalue weighted by atomic mass is 31.2. The Labute approximate surface area is 150 Å². The Kier molecular flexibility index (Phi) is 5.30. The third-order valence-electron chi connectivity index (χ3n) is 3.45. The normalized spacial score (nSPS) is 15.5. The van der Waals surface area contributed by atoms with Gasteiger partial charge in [0.2, 0.25) is 0 Å². The van der Waals surface area contributed by atoms with Gasteiger partial charge in [0.05, 0.1) is 10.6 Å². The standard InChI is InChI=1S/C18H16O6P2/c19-25(20,17-7-3-1-4-8-17)23-15-11-13-16(14-12-15)24-26(21,22)18-9-5-2-6-10-18/h1-14H,(H,19,20)(H,21,22). The van der Waals surface area contributed by atoms with Crippen molar-refractivity contribution in [2.24, 2.45) is 0 Å². The molecule has 2 N–H and O–H groups in total. The lowest BCUT2D eigenvalue weighted by Gasteiger charge is -2.15. The van der Waals surface area contributed by atoms with Crippen molar-refractivity contribution < 1.29 is 28.0 Å². The van der Waals surface area contributed by atoms with E-state index in [9.17, 15) is 18.9 Å². The van der Waals surface area contributed by atoms with Gasteiger partial charge < -0.3 is 18.8 Å². The highest BCUT2D eigenvalue weighted by Crippen LogP contribution is 2.44. The Morgan fingerprint density at radius 3 is 1.15 bits per heavy atom. The summed E-state index contributed by atoms with van der Waals surface area (Å²) in [6, 6.07) is 21.6. The second-order valence-corrected chi connectivity index (χ2v) is 8.85. The van der Waals surface area contributed by atoms with E-state index in [1.54, 1.807) is 36.4 Å². The monoisotopic (exact) mass is 390 g/mol. The van der Waals surface area contributed by atoms with Crippen LogP contribution in [0.15, 0.2) is 84.9 Å². The minimum atomic E-state index is -4.02. The van der Waals surface area contributed by atoms with Crippen molar-refractivity contribution in [2.75, 3.05) is 0 Å². The van der Waals surface area contributed by atoms with E-state index in [4.69, 9.17) is 9.05 Å². The molecule has 0 amide bonds. The topological polar surface area (TPSA) is 93.1 Å². The van der Waals surface area contributed by atoms with Crippen LogP contribution >= 0.6 is 15.2 Å². The SMILES string of the molecule is O=P(O)(Oc1ccc(OP(=O)(O)c2ccccc2)cc1)c1ccccc1. The third kappa shape index (κ3) is 4.43. The van der Waals surface area contributed by atoms with Gasteiger partial charge in [-0.15, -0.1) is 0 Å². The fraction of sp³-hybridized carbons (Fsp3) is 0. The van der Waals surface area contributed by atoms with Crippen LogP contribution in [0.5, 0.6) is 11.5 Å². The molecule has 0 aromatic heterocycles. The highest BCUT2D eigenvalue weighted by Gasteiger charge is 2.25. The molecule has 2 unspecified atom stereocenters.